The molecule has 0 aliphatic carbocycles. The third-order valence-corrected chi connectivity index (χ3v) is 7.34. The van der Waals surface area contributed by atoms with Crippen LogP contribution in [0.25, 0.3) is 10.9 Å². The van der Waals surface area contributed by atoms with Gasteiger partial charge in [-0.2, -0.15) is 0 Å². The SMILES string of the molecule is Cc1cc2cc([C@@H](c3nnnn3Cc3ccco3)N3CCN(c4ccccc4F)CC3)c(=O)[nH]c2cc1C. The number of nitrogens with zero attached hydrogens (tertiary/aromatic N) is 6. The molecular weight excluding hydrogens is 485 g/mol. The normalized spacial score (nSPS) is 15.3. The summed E-state index contributed by atoms with van der Waals surface area (Å²) in [4.78, 5) is 20.8. The summed E-state index contributed by atoms with van der Waals surface area (Å²) in [6.45, 7) is 6.81. The number of H-pyrrole nitrogens is 1. The predicted octanol–water partition coefficient (Wildman–Crippen LogP) is 3.82. The smallest absolute Gasteiger partial charge is 0.253 e. The maximum absolute atomic E-state index is 14.5. The molecule has 194 valence electrons. The number of para-hydroxylation sites is 1. The molecule has 3 aromatic heterocycles. The zero-order valence-electron chi connectivity index (χ0n) is 21.3. The number of halogens is 1. The first kappa shape index (κ1) is 24.1. The highest BCUT2D eigenvalue weighted by atomic mass is 19.1. The molecule has 0 unspecified atom stereocenters. The van der Waals surface area contributed by atoms with Crippen LogP contribution in [0.15, 0.2) is 70.1 Å². The first-order chi connectivity index (χ1) is 18.5. The number of hydrogen-bond acceptors (Lipinski definition) is 7. The van der Waals surface area contributed by atoms with Crippen molar-refractivity contribution >= 4 is 16.6 Å². The molecule has 0 bridgehead atoms. The van der Waals surface area contributed by atoms with Crippen molar-refractivity contribution in [3.8, 4) is 0 Å². The molecule has 4 heterocycles. The molecular formula is C28H28FN7O2. The Balaban J connectivity index is 1.40. The van der Waals surface area contributed by atoms with Crippen LogP contribution in [0.2, 0.25) is 0 Å². The summed E-state index contributed by atoms with van der Waals surface area (Å²) in [6.07, 6.45) is 1.61. The van der Waals surface area contributed by atoms with E-state index in [-0.39, 0.29) is 11.4 Å². The lowest BCUT2D eigenvalue weighted by atomic mass is 10.00. The number of hydrogen-bond donors (Lipinski definition) is 1. The average molecular weight is 514 g/mol. The number of furan rings is 1. The number of fused-ring (bicyclic) bond motifs is 1. The summed E-state index contributed by atoms with van der Waals surface area (Å²) >= 11 is 0. The van der Waals surface area contributed by atoms with E-state index in [4.69, 9.17) is 4.42 Å². The average Bonchev–Trinajstić information content (AvgIpc) is 3.60. The summed E-state index contributed by atoms with van der Waals surface area (Å²) in [5.41, 5.74) is 4.02. The van der Waals surface area contributed by atoms with E-state index in [1.807, 2.05) is 42.2 Å². The molecule has 0 saturated carbocycles. The molecule has 0 radical (unpaired) electrons. The van der Waals surface area contributed by atoms with Gasteiger partial charge in [-0.1, -0.05) is 12.1 Å². The summed E-state index contributed by atoms with van der Waals surface area (Å²) in [7, 11) is 0. The van der Waals surface area contributed by atoms with Crippen molar-refractivity contribution in [2.24, 2.45) is 0 Å². The predicted molar refractivity (Wildman–Crippen MR) is 142 cm³/mol. The van der Waals surface area contributed by atoms with E-state index in [9.17, 15) is 9.18 Å². The van der Waals surface area contributed by atoms with Gasteiger partial charge < -0.3 is 14.3 Å². The molecule has 0 spiro atoms. The first-order valence-corrected chi connectivity index (χ1v) is 12.6. The number of aromatic nitrogens is 5. The van der Waals surface area contributed by atoms with Gasteiger partial charge in [-0.05, 0) is 83.3 Å². The Bertz CT molecular complexity index is 1640. The summed E-state index contributed by atoms with van der Waals surface area (Å²) in [5.74, 6) is 1.02. The molecule has 1 aliphatic heterocycles. The fourth-order valence-electron chi connectivity index (χ4n) is 5.20. The number of piperazine rings is 1. The van der Waals surface area contributed by atoms with Crippen LogP contribution in [0.5, 0.6) is 0 Å². The largest absolute Gasteiger partial charge is 0.467 e. The van der Waals surface area contributed by atoms with E-state index in [2.05, 4.69) is 38.4 Å². The standard InChI is InChI=1S/C28H28FN7O2/c1-18-14-20-16-22(28(37)30-24(20)15-19(18)2)26(27-31-32-33-36(27)17-21-6-5-13-38-21)35-11-9-34(10-12-35)25-8-4-3-7-23(25)29/h3-8,13-16,26H,9-12,17H2,1-2H3,(H,30,37)/t26-/m0/s1. The highest BCUT2D eigenvalue weighted by Gasteiger charge is 2.33. The van der Waals surface area contributed by atoms with Crippen LogP contribution < -0.4 is 10.5 Å². The molecule has 38 heavy (non-hydrogen) atoms. The second kappa shape index (κ2) is 9.86. The van der Waals surface area contributed by atoms with Crippen LogP contribution in [0, 0.1) is 19.7 Å². The van der Waals surface area contributed by atoms with Gasteiger partial charge in [0, 0.05) is 37.3 Å². The fraction of sp³-hybridized carbons (Fsp3) is 0.286. The molecule has 1 atom stereocenters. The number of rotatable bonds is 6. The zero-order valence-corrected chi connectivity index (χ0v) is 21.3. The molecule has 1 fully saturated rings. The second-order valence-electron chi connectivity index (χ2n) is 9.73. The molecule has 6 rings (SSSR count). The lowest BCUT2D eigenvalue weighted by molar-refractivity contribution is 0.199. The highest BCUT2D eigenvalue weighted by molar-refractivity contribution is 5.81. The molecule has 10 heteroatoms. The van der Waals surface area contributed by atoms with E-state index in [1.165, 1.54) is 6.07 Å². The van der Waals surface area contributed by atoms with Crippen LogP contribution in [0.4, 0.5) is 10.1 Å². The van der Waals surface area contributed by atoms with Crippen molar-refractivity contribution in [2.45, 2.75) is 26.4 Å². The number of pyridine rings is 1. The van der Waals surface area contributed by atoms with Crippen LogP contribution in [-0.2, 0) is 6.54 Å². The Morgan fingerprint density at radius 1 is 1.03 bits per heavy atom. The van der Waals surface area contributed by atoms with Crippen LogP contribution in [0.3, 0.4) is 0 Å². The van der Waals surface area contributed by atoms with Gasteiger partial charge in [0.2, 0.25) is 0 Å². The van der Waals surface area contributed by atoms with Crippen LogP contribution in [0.1, 0.15) is 34.3 Å². The molecule has 1 saturated heterocycles. The van der Waals surface area contributed by atoms with Crippen LogP contribution >= 0.6 is 0 Å². The lowest BCUT2D eigenvalue weighted by Crippen LogP contribution is -2.49. The van der Waals surface area contributed by atoms with Crippen molar-refractivity contribution in [1.82, 2.24) is 30.1 Å². The Hall–Kier alpha value is -4.31. The fourth-order valence-corrected chi connectivity index (χ4v) is 5.20. The summed E-state index contributed by atoms with van der Waals surface area (Å²) in [5, 5.41) is 13.5. The van der Waals surface area contributed by atoms with Crippen molar-refractivity contribution in [3.63, 3.8) is 0 Å². The van der Waals surface area contributed by atoms with Crippen molar-refractivity contribution in [1.29, 1.82) is 0 Å². The summed E-state index contributed by atoms with van der Waals surface area (Å²) in [6, 6.07) is 16.0. The van der Waals surface area contributed by atoms with Gasteiger partial charge in [-0.25, -0.2) is 9.07 Å². The van der Waals surface area contributed by atoms with Crippen molar-refractivity contribution in [3.05, 3.63) is 105 Å². The second-order valence-corrected chi connectivity index (χ2v) is 9.73. The lowest BCUT2D eigenvalue weighted by Gasteiger charge is -2.39. The van der Waals surface area contributed by atoms with Gasteiger partial charge in [-0.3, -0.25) is 9.69 Å². The van der Waals surface area contributed by atoms with Gasteiger partial charge in [-0.15, -0.1) is 5.10 Å². The number of nitrogens with one attached hydrogen (secondary N) is 1. The molecule has 9 nitrogen and oxygen atoms in total. The number of anilines is 1. The molecule has 5 aromatic rings. The molecule has 1 aliphatic rings. The monoisotopic (exact) mass is 513 g/mol. The summed E-state index contributed by atoms with van der Waals surface area (Å²) < 4.78 is 21.7. The Morgan fingerprint density at radius 3 is 2.58 bits per heavy atom. The van der Waals surface area contributed by atoms with E-state index in [0.717, 1.165) is 22.0 Å². The number of tetrazole rings is 1. The van der Waals surface area contributed by atoms with Crippen molar-refractivity contribution in [2.75, 3.05) is 31.1 Å². The van der Waals surface area contributed by atoms with E-state index in [1.54, 1.807) is 23.1 Å². The van der Waals surface area contributed by atoms with Gasteiger partial charge >= 0.3 is 0 Å². The maximum atomic E-state index is 14.5. The minimum absolute atomic E-state index is 0.185. The minimum atomic E-state index is -0.502. The van der Waals surface area contributed by atoms with Gasteiger partial charge in [0.05, 0.1) is 12.0 Å². The highest BCUT2D eigenvalue weighted by Crippen LogP contribution is 2.30. The first-order valence-electron chi connectivity index (χ1n) is 12.6. The Labute approximate surface area is 218 Å². The quantitative estimate of drug-likeness (QED) is 0.369. The molecule has 2 aromatic carbocycles. The third-order valence-electron chi connectivity index (χ3n) is 7.34. The van der Waals surface area contributed by atoms with Gasteiger partial charge in [0.25, 0.3) is 5.56 Å². The van der Waals surface area contributed by atoms with Gasteiger partial charge in [0.15, 0.2) is 5.82 Å². The number of aryl methyl sites for hydroxylation is 2. The number of benzene rings is 2. The topological polar surface area (TPSA) is 96.1 Å². The van der Waals surface area contributed by atoms with Crippen molar-refractivity contribution < 1.29 is 8.81 Å². The molecule has 1 N–H and O–H groups in total. The van der Waals surface area contributed by atoms with E-state index < -0.39 is 6.04 Å². The number of aromatic amines is 1. The van der Waals surface area contributed by atoms with E-state index >= 15 is 0 Å². The zero-order chi connectivity index (χ0) is 26.2. The van der Waals surface area contributed by atoms with E-state index in [0.29, 0.717) is 55.6 Å². The maximum Gasteiger partial charge on any atom is 0.253 e. The third kappa shape index (κ3) is 4.47. The molecule has 0 amide bonds. The van der Waals surface area contributed by atoms with Crippen LogP contribution in [-0.4, -0.2) is 56.3 Å². The Kier molecular flexibility index (Phi) is 6.24. The van der Waals surface area contributed by atoms with Gasteiger partial charge in [0.1, 0.15) is 24.2 Å². The minimum Gasteiger partial charge on any atom is -0.467 e. The Morgan fingerprint density at radius 2 is 1.82 bits per heavy atom.